The lowest BCUT2D eigenvalue weighted by atomic mass is 10.1. The molecule has 1 aromatic heterocycles. The summed E-state index contributed by atoms with van der Waals surface area (Å²) in [6, 6.07) is 7.92. The van der Waals surface area contributed by atoms with E-state index >= 15 is 0 Å². The second-order valence-corrected chi connectivity index (χ2v) is 6.02. The van der Waals surface area contributed by atoms with Crippen LogP contribution in [-0.2, 0) is 6.54 Å². The van der Waals surface area contributed by atoms with Gasteiger partial charge in [-0.2, -0.15) is 0 Å². The first kappa shape index (κ1) is 17.0. The number of halogens is 2. The molecule has 0 saturated carbocycles. The Kier molecular flexibility index (Phi) is 4.23. The van der Waals surface area contributed by atoms with Crippen LogP contribution < -0.4 is 20.3 Å². The SMILES string of the molecule is O=C(NCc1cc2cc3c(cc2[nH]c1=O)OCCO3)c1ccc(F)c(F)c1. The van der Waals surface area contributed by atoms with Gasteiger partial charge in [-0.05, 0) is 30.3 Å². The van der Waals surface area contributed by atoms with Crippen LogP contribution in [0.2, 0.25) is 0 Å². The average Bonchev–Trinajstić information content (AvgIpc) is 2.66. The molecule has 0 spiro atoms. The lowest BCUT2D eigenvalue weighted by Gasteiger charge is -2.18. The monoisotopic (exact) mass is 372 g/mol. The van der Waals surface area contributed by atoms with Crippen LogP contribution in [0.5, 0.6) is 11.5 Å². The smallest absolute Gasteiger partial charge is 0.253 e. The Hall–Kier alpha value is -3.42. The maximum absolute atomic E-state index is 13.2. The number of aromatic nitrogens is 1. The van der Waals surface area contributed by atoms with Gasteiger partial charge in [-0.3, -0.25) is 9.59 Å². The number of pyridine rings is 1. The highest BCUT2D eigenvalue weighted by atomic mass is 19.2. The fraction of sp³-hybridized carbons (Fsp3) is 0.158. The third-order valence-corrected chi connectivity index (χ3v) is 4.21. The maximum Gasteiger partial charge on any atom is 0.253 e. The quantitative estimate of drug-likeness (QED) is 0.740. The van der Waals surface area contributed by atoms with E-state index in [1.807, 2.05) is 0 Å². The van der Waals surface area contributed by atoms with Crippen LogP contribution in [0.3, 0.4) is 0 Å². The number of fused-ring (bicyclic) bond motifs is 2. The summed E-state index contributed by atoms with van der Waals surface area (Å²) in [7, 11) is 0. The van der Waals surface area contributed by atoms with Gasteiger partial charge in [0.15, 0.2) is 23.1 Å². The Morgan fingerprint density at radius 2 is 1.78 bits per heavy atom. The Morgan fingerprint density at radius 3 is 2.52 bits per heavy atom. The summed E-state index contributed by atoms with van der Waals surface area (Å²) >= 11 is 0. The minimum absolute atomic E-state index is 0.0364. The van der Waals surface area contributed by atoms with E-state index in [1.54, 1.807) is 18.2 Å². The van der Waals surface area contributed by atoms with Crippen LogP contribution in [0.25, 0.3) is 10.9 Å². The minimum Gasteiger partial charge on any atom is -0.486 e. The van der Waals surface area contributed by atoms with Crippen molar-refractivity contribution in [3.63, 3.8) is 0 Å². The van der Waals surface area contributed by atoms with Gasteiger partial charge < -0.3 is 19.8 Å². The zero-order chi connectivity index (χ0) is 19.0. The zero-order valence-electron chi connectivity index (χ0n) is 14.0. The first-order chi connectivity index (χ1) is 13.0. The molecule has 0 bridgehead atoms. The van der Waals surface area contributed by atoms with E-state index < -0.39 is 17.5 Å². The average molecular weight is 372 g/mol. The summed E-state index contributed by atoms with van der Waals surface area (Å²) in [5.41, 5.74) is 0.491. The van der Waals surface area contributed by atoms with Crippen molar-refractivity contribution < 1.29 is 23.0 Å². The van der Waals surface area contributed by atoms with Crippen molar-refractivity contribution in [3.05, 3.63) is 69.5 Å². The molecular formula is C19H14F2N2O4. The molecule has 0 unspecified atom stereocenters. The van der Waals surface area contributed by atoms with Crippen molar-refractivity contribution in [3.8, 4) is 11.5 Å². The van der Waals surface area contributed by atoms with Crippen LogP contribution in [0, 0.1) is 11.6 Å². The van der Waals surface area contributed by atoms with E-state index in [0.29, 0.717) is 35.8 Å². The van der Waals surface area contributed by atoms with E-state index in [9.17, 15) is 18.4 Å². The summed E-state index contributed by atoms with van der Waals surface area (Å²) in [6.07, 6.45) is 0. The number of hydrogen-bond donors (Lipinski definition) is 2. The van der Waals surface area contributed by atoms with Crippen molar-refractivity contribution in [2.45, 2.75) is 6.54 Å². The lowest BCUT2D eigenvalue weighted by molar-refractivity contribution is 0.0950. The molecule has 0 radical (unpaired) electrons. The zero-order valence-corrected chi connectivity index (χ0v) is 14.0. The Morgan fingerprint density at radius 1 is 1.04 bits per heavy atom. The molecule has 0 atom stereocenters. The fourth-order valence-corrected chi connectivity index (χ4v) is 2.83. The standard InChI is InChI=1S/C19H14F2N2O4/c20-13-2-1-10(6-14(13)21)18(24)22-9-12-5-11-7-16-17(27-4-3-26-16)8-15(11)23-19(12)25/h1-2,5-8H,3-4,9H2,(H,22,24)(H,23,25). The number of carbonyl (C=O) groups is 1. The van der Waals surface area contributed by atoms with Crippen LogP contribution >= 0.6 is 0 Å². The molecule has 3 aromatic rings. The highest BCUT2D eigenvalue weighted by Crippen LogP contribution is 2.33. The maximum atomic E-state index is 13.2. The number of H-pyrrole nitrogens is 1. The highest BCUT2D eigenvalue weighted by molar-refractivity contribution is 5.94. The molecule has 6 nitrogen and oxygen atoms in total. The highest BCUT2D eigenvalue weighted by Gasteiger charge is 2.15. The van der Waals surface area contributed by atoms with Gasteiger partial charge in [-0.1, -0.05) is 0 Å². The molecule has 4 rings (SSSR count). The number of rotatable bonds is 3. The van der Waals surface area contributed by atoms with Crippen molar-refractivity contribution in [2.24, 2.45) is 0 Å². The van der Waals surface area contributed by atoms with E-state index in [4.69, 9.17) is 9.47 Å². The van der Waals surface area contributed by atoms with Gasteiger partial charge in [0.2, 0.25) is 0 Å². The van der Waals surface area contributed by atoms with Crippen LogP contribution in [-0.4, -0.2) is 24.1 Å². The van der Waals surface area contributed by atoms with Gasteiger partial charge in [0.1, 0.15) is 13.2 Å². The largest absolute Gasteiger partial charge is 0.486 e. The van der Waals surface area contributed by atoms with E-state index in [0.717, 1.165) is 17.5 Å². The molecule has 1 amide bonds. The summed E-state index contributed by atoms with van der Waals surface area (Å²) in [6.45, 7) is 0.813. The number of nitrogens with one attached hydrogen (secondary N) is 2. The predicted molar refractivity (Wildman–Crippen MR) is 93.1 cm³/mol. The number of amides is 1. The van der Waals surface area contributed by atoms with Crippen LogP contribution in [0.15, 0.2) is 41.2 Å². The molecule has 1 aliphatic heterocycles. The minimum atomic E-state index is -1.11. The van der Waals surface area contributed by atoms with Crippen LogP contribution in [0.1, 0.15) is 15.9 Å². The summed E-state index contributed by atoms with van der Waals surface area (Å²) < 4.78 is 37.2. The molecule has 8 heteroatoms. The van der Waals surface area contributed by atoms with E-state index in [1.165, 1.54) is 6.07 Å². The van der Waals surface area contributed by atoms with E-state index in [2.05, 4.69) is 10.3 Å². The van der Waals surface area contributed by atoms with Gasteiger partial charge in [-0.25, -0.2) is 8.78 Å². The van der Waals surface area contributed by atoms with Gasteiger partial charge in [-0.15, -0.1) is 0 Å². The fourth-order valence-electron chi connectivity index (χ4n) is 2.83. The second kappa shape index (κ2) is 6.71. The number of hydrogen-bond acceptors (Lipinski definition) is 4. The molecule has 27 heavy (non-hydrogen) atoms. The molecule has 1 aliphatic rings. The summed E-state index contributed by atoms with van der Waals surface area (Å²) in [4.78, 5) is 27.1. The molecule has 138 valence electrons. The Balaban J connectivity index is 1.58. The van der Waals surface area contributed by atoms with Crippen molar-refractivity contribution in [1.82, 2.24) is 10.3 Å². The Labute approximate surface area is 151 Å². The molecule has 2 heterocycles. The van der Waals surface area contributed by atoms with Gasteiger partial charge in [0.05, 0.1) is 5.52 Å². The molecule has 0 fully saturated rings. The third-order valence-electron chi connectivity index (χ3n) is 4.21. The van der Waals surface area contributed by atoms with Crippen LogP contribution in [0.4, 0.5) is 8.78 Å². The number of carbonyl (C=O) groups excluding carboxylic acids is 1. The summed E-state index contributed by atoms with van der Waals surface area (Å²) in [5, 5.41) is 3.24. The topological polar surface area (TPSA) is 80.4 Å². The molecular weight excluding hydrogens is 358 g/mol. The first-order valence-electron chi connectivity index (χ1n) is 8.20. The first-order valence-corrected chi connectivity index (χ1v) is 8.20. The summed E-state index contributed by atoms with van der Waals surface area (Å²) in [5.74, 6) is -1.62. The predicted octanol–water partition coefficient (Wildman–Crippen LogP) is 2.51. The molecule has 2 aromatic carbocycles. The van der Waals surface area contributed by atoms with Crippen molar-refractivity contribution in [1.29, 1.82) is 0 Å². The third kappa shape index (κ3) is 3.33. The van der Waals surface area contributed by atoms with Crippen molar-refractivity contribution >= 4 is 16.8 Å². The number of ether oxygens (including phenoxy) is 2. The molecule has 0 aliphatic carbocycles. The van der Waals surface area contributed by atoms with Gasteiger partial charge in [0.25, 0.3) is 11.5 Å². The molecule has 0 saturated heterocycles. The van der Waals surface area contributed by atoms with E-state index in [-0.39, 0.29) is 17.7 Å². The molecule has 2 N–H and O–H groups in total. The second-order valence-electron chi connectivity index (χ2n) is 6.02. The Bertz CT molecular complexity index is 1110. The number of aromatic amines is 1. The van der Waals surface area contributed by atoms with Gasteiger partial charge in [0, 0.05) is 29.1 Å². The number of benzene rings is 2. The van der Waals surface area contributed by atoms with Gasteiger partial charge >= 0.3 is 0 Å². The normalized spacial score (nSPS) is 12.8. The lowest BCUT2D eigenvalue weighted by Crippen LogP contribution is -2.27. The van der Waals surface area contributed by atoms with Crippen molar-refractivity contribution in [2.75, 3.05) is 13.2 Å².